The normalized spacial score (nSPS) is 11.0. The number of halogens is 2. The van der Waals surface area contributed by atoms with Crippen LogP contribution in [0.3, 0.4) is 0 Å². The van der Waals surface area contributed by atoms with Crippen molar-refractivity contribution in [1.29, 1.82) is 0 Å². The van der Waals surface area contributed by atoms with E-state index in [2.05, 4.69) is 140 Å². The van der Waals surface area contributed by atoms with Gasteiger partial charge in [-0.2, -0.15) is 18.6 Å². The van der Waals surface area contributed by atoms with E-state index in [-0.39, 0.29) is 15.9 Å². The molecule has 0 N–H and O–H groups in total. The third-order valence-electron chi connectivity index (χ3n) is 6.59. The average molecular weight is 630 g/mol. The summed E-state index contributed by atoms with van der Waals surface area (Å²) in [5.41, 5.74) is 3.64. The van der Waals surface area contributed by atoms with Crippen LogP contribution in [-0.4, -0.2) is 0 Å². The molecule has 37 heavy (non-hydrogen) atoms. The number of hydrogen-bond donors (Lipinski definition) is 0. The van der Waals surface area contributed by atoms with E-state index in [0.29, 0.717) is 0 Å². The maximum atomic E-state index is 4.81. The first-order valence-corrected chi connectivity index (χ1v) is 17.4. The first-order chi connectivity index (χ1) is 18.2. The molecule has 0 saturated carbocycles. The molecule has 0 atom stereocenters. The minimum atomic E-state index is -1.26. The molecule has 4 heteroatoms. The molecule has 0 spiro atoms. The molecule has 0 radical (unpaired) electrons. The molecular weight excluding hydrogens is 605 g/mol. The van der Waals surface area contributed by atoms with E-state index in [1.54, 1.807) is 0 Å². The molecule has 6 aromatic carbocycles. The van der Waals surface area contributed by atoms with E-state index in [4.69, 9.17) is 19.1 Å². The standard InChI is InChI=1S/C33H24P.2ClH.Pd/c1-24-20-21-25-12-8-10-18-29(25)32(24)33-30-19-11-9-13-26(30)22-23-31(33)34(27-14-4-2-5-15-27)28-16-6-3-7-17-28;;;/h2-23H,1H2;2*1H;/q-1;;;+2/p-1. The summed E-state index contributed by atoms with van der Waals surface area (Å²) in [6.45, 7) is 4.51. The van der Waals surface area contributed by atoms with Crippen LogP contribution in [0.2, 0.25) is 0 Å². The fraction of sp³-hybridized carbons (Fsp3) is 0. The summed E-state index contributed by atoms with van der Waals surface area (Å²) in [7, 11) is 8.37. The summed E-state index contributed by atoms with van der Waals surface area (Å²) in [5, 5.41) is 9.24. The van der Waals surface area contributed by atoms with Crippen molar-refractivity contribution in [2.75, 3.05) is 0 Å². The SMILES string of the molecule is [CH2-]c1ccc2ccccc2c1-c1c([PH+](c2ccccc2)c2ccccc2)ccc2ccccc12.[Cl][Pd][Cl]. The van der Waals surface area contributed by atoms with Gasteiger partial charge in [0.05, 0.1) is 13.2 Å². The van der Waals surface area contributed by atoms with E-state index in [1.165, 1.54) is 48.6 Å². The predicted molar refractivity (Wildman–Crippen MR) is 163 cm³/mol. The maximum absolute atomic E-state index is 4.81. The molecule has 0 aliphatic heterocycles. The van der Waals surface area contributed by atoms with Crippen LogP contribution in [0, 0.1) is 6.92 Å². The van der Waals surface area contributed by atoms with Gasteiger partial charge in [-0.1, -0.05) is 96.4 Å². The topological polar surface area (TPSA) is 0 Å². The molecule has 0 bridgehead atoms. The van der Waals surface area contributed by atoms with Gasteiger partial charge in [0.15, 0.2) is 0 Å². The van der Waals surface area contributed by atoms with Crippen LogP contribution in [0.1, 0.15) is 5.56 Å². The summed E-state index contributed by atoms with van der Waals surface area (Å²) < 4.78 is 0. The van der Waals surface area contributed by atoms with Crippen LogP contribution in [-0.2, 0) is 15.9 Å². The molecule has 0 aromatic heterocycles. The van der Waals surface area contributed by atoms with Crippen molar-refractivity contribution >= 4 is 64.4 Å². The van der Waals surface area contributed by atoms with Gasteiger partial charge in [0.2, 0.25) is 0 Å². The Morgan fingerprint density at radius 2 is 0.919 bits per heavy atom. The Hall–Kier alpha value is -2.62. The number of rotatable bonds is 4. The minimum absolute atomic E-state index is 0.106. The van der Waals surface area contributed by atoms with Crippen LogP contribution >= 0.6 is 27.0 Å². The van der Waals surface area contributed by atoms with Gasteiger partial charge in [-0.25, -0.2) is 0 Å². The van der Waals surface area contributed by atoms with E-state index in [1.807, 2.05) is 0 Å². The van der Waals surface area contributed by atoms with Crippen LogP contribution in [0.5, 0.6) is 0 Å². The van der Waals surface area contributed by atoms with Gasteiger partial charge in [0, 0.05) is 0 Å². The van der Waals surface area contributed by atoms with Crippen molar-refractivity contribution in [1.82, 2.24) is 0 Å². The zero-order valence-corrected chi connectivity index (χ0v) is 24.0. The monoisotopic (exact) mass is 628 g/mol. The van der Waals surface area contributed by atoms with Crippen molar-refractivity contribution in [3.05, 3.63) is 146 Å². The van der Waals surface area contributed by atoms with Crippen molar-refractivity contribution in [3.8, 4) is 11.1 Å². The second-order valence-electron chi connectivity index (χ2n) is 8.68. The first-order valence-electron chi connectivity index (χ1n) is 11.9. The number of fused-ring (bicyclic) bond motifs is 2. The van der Waals surface area contributed by atoms with Crippen molar-refractivity contribution in [3.63, 3.8) is 0 Å². The van der Waals surface area contributed by atoms with Crippen LogP contribution in [0.4, 0.5) is 0 Å². The van der Waals surface area contributed by atoms with Crippen molar-refractivity contribution < 1.29 is 15.9 Å². The van der Waals surface area contributed by atoms with Crippen LogP contribution in [0.25, 0.3) is 32.7 Å². The van der Waals surface area contributed by atoms with Crippen LogP contribution in [0.15, 0.2) is 133 Å². The van der Waals surface area contributed by atoms with Gasteiger partial charge in [-0.3, -0.25) is 0 Å². The number of benzene rings is 6. The van der Waals surface area contributed by atoms with Crippen molar-refractivity contribution in [2.24, 2.45) is 0 Å². The summed E-state index contributed by atoms with van der Waals surface area (Å²) in [4.78, 5) is 0. The molecular formula is C33H25Cl2PPd. The van der Waals surface area contributed by atoms with Gasteiger partial charge in [-0.15, -0.1) is 11.6 Å². The third kappa shape index (κ3) is 5.49. The molecule has 0 fully saturated rings. The second kappa shape index (κ2) is 12.3. The van der Waals surface area contributed by atoms with Gasteiger partial charge >= 0.3 is 35.0 Å². The zero-order valence-electron chi connectivity index (χ0n) is 20.0. The zero-order chi connectivity index (χ0) is 25.6. The summed E-state index contributed by atoms with van der Waals surface area (Å²) >= 11 is -0.106. The second-order valence-corrected chi connectivity index (χ2v) is 13.5. The Morgan fingerprint density at radius 1 is 0.486 bits per heavy atom. The molecule has 0 amide bonds. The molecule has 0 aliphatic rings. The average Bonchev–Trinajstić information content (AvgIpc) is 2.95. The molecule has 6 aromatic rings. The Balaban J connectivity index is 0.000000892. The Bertz CT molecular complexity index is 1600. The fourth-order valence-electron chi connectivity index (χ4n) is 5.05. The Morgan fingerprint density at radius 3 is 1.46 bits per heavy atom. The summed E-state index contributed by atoms with van der Waals surface area (Å²) in [6.07, 6.45) is 0. The molecule has 0 nitrogen and oxygen atoms in total. The van der Waals surface area contributed by atoms with E-state index < -0.39 is 7.92 Å². The van der Waals surface area contributed by atoms with E-state index in [9.17, 15) is 0 Å². The van der Waals surface area contributed by atoms with Crippen molar-refractivity contribution in [2.45, 2.75) is 0 Å². The molecule has 0 unspecified atom stereocenters. The Kier molecular flexibility index (Phi) is 8.63. The third-order valence-corrected chi connectivity index (χ3v) is 9.37. The molecule has 6 rings (SSSR count). The fourth-order valence-corrected chi connectivity index (χ4v) is 7.82. The van der Waals surface area contributed by atoms with E-state index in [0.717, 1.165) is 5.56 Å². The molecule has 0 aliphatic carbocycles. The van der Waals surface area contributed by atoms with E-state index >= 15 is 0 Å². The quantitative estimate of drug-likeness (QED) is 0.104. The summed E-state index contributed by atoms with van der Waals surface area (Å²) in [6, 6.07) is 48.5. The predicted octanol–water partition coefficient (Wildman–Crippen LogP) is 8.71. The molecule has 186 valence electrons. The number of hydrogen-bond acceptors (Lipinski definition) is 0. The molecule has 0 heterocycles. The van der Waals surface area contributed by atoms with Gasteiger partial charge in [0.1, 0.15) is 10.6 Å². The Labute approximate surface area is 236 Å². The van der Waals surface area contributed by atoms with Gasteiger partial charge < -0.3 is 0 Å². The summed E-state index contributed by atoms with van der Waals surface area (Å²) in [5.74, 6) is 0. The first kappa shape index (κ1) is 26.0. The van der Waals surface area contributed by atoms with Gasteiger partial charge in [0.25, 0.3) is 0 Å². The van der Waals surface area contributed by atoms with Gasteiger partial charge in [-0.05, 0) is 52.1 Å². The molecule has 0 saturated heterocycles. The van der Waals surface area contributed by atoms with Crippen LogP contribution < -0.4 is 15.9 Å².